The zero-order valence-corrected chi connectivity index (χ0v) is 22.8. The Morgan fingerprint density at radius 3 is 2.57 bits per heavy atom. The number of hydrogen-bond acceptors (Lipinski definition) is 7. The van der Waals surface area contributed by atoms with Crippen molar-refractivity contribution in [2.24, 2.45) is 10.1 Å². The third kappa shape index (κ3) is 5.99. The van der Waals surface area contributed by atoms with Crippen LogP contribution in [0.4, 0.5) is 0 Å². The zero-order chi connectivity index (χ0) is 26.5. The number of thioether (sulfide) groups is 1. The minimum atomic E-state index is -0.499. The maximum absolute atomic E-state index is 12.6. The number of hydrogen-bond donors (Lipinski definition) is 1. The van der Waals surface area contributed by atoms with Crippen LogP contribution in [0.25, 0.3) is 6.08 Å². The molecule has 194 valence electrons. The molecule has 2 heterocycles. The molecule has 0 aromatic heterocycles. The molecule has 10 heteroatoms. The van der Waals surface area contributed by atoms with Crippen LogP contribution in [0, 0.1) is 5.41 Å². The molecule has 0 radical (unpaired) electrons. The predicted octanol–water partition coefficient (Wildman–Crippen LogP) is 6.35. The number of benzene rings is 2. The van der Waals surface area contributed by atoms with Crippen molar-refractivity contribution >= 4 is 51.4 Å². The Morgan fingerprint density at radius 2 is 1.89 bits per heavy atom. The van der Waals surface area contributed by atoms with Crippen LogP contribution in [-0.4, -0.2) is 47.3 Å². The summed E-state index contributed by atoms with van der Waals surface area (Å²) in [5.41, 5.74) is 1.97. The van der Waals surface area contributed by atoms with Crippen molar-refractivity contribution < 1.29 is 19.0 Å². The van der Waals surface area contributed by atoms with E-state index in [2.05, 4.69) is 36.1 Å². The molecule has 4 rings (SSSR count). The highest BCUT2D eigenvalue weighted by atomic mass is 35.5. The summed E-state index contributed by atoms with van der Waals surface area (Å²) in [6, 6.07) is 11.4. The van der Waals surface area contributed by atoms with Crippen molar-refractivity contribution in [2.75, 3.05) is 20.3 Å². The first-order valence-electron chi connectivity index (χ1n) is 12.1. The van der Waals surface area contributed by atoms with E-state index in [0.29, 0.717) is 46.2 Å². The summed E-state index contributed by atoms with van der Waals surface area (Å²) in [4.78, 5) is 16.7. The first-order valence-corrected chi connectivity index (χ1v) is 13.3. The van der Waals surface area contributed by atoms with Crippen molar-refractivity contribution in [3.8, 4) is 17.2 Å². The number of amidine groups is 2. The Kier molecular flexibility index (Phi) is 8.56. The van der Waals surface area contributed by atoms with Gasteiger partial charge in [-0.25, -0.2) is 0 Å². The van der Waals surface area contributed by atoms with Gasteiger partial charge in [0, 0.05) is 0 Å². The summed E-state index contributed by atoms with van der Waals surface area (Å²) in [6.45, 7) is 6.92. The molecular weight excluding hydrogens is 512 g/mol. The SMILES string of the molecule is CCC1=NN2C(=N)C(=Cc3cc(Cl)c(OCCOc4ccc(C(C)CC)cc4)c(OC)c3)C(=O)N=C2S1. The van der Waals surface area contributed by atoms with E-state index in [1.54, 1.807) is 18.2 Å². The molecule has 37 heavy (non-hydrogen) atoms. The lowest BCUT2D eigenvalue weighted by atomic mass is 9.99. The molecule has 0 saturated heterocycles. The Morgan fingerprint density at radius 1 is 1.16 bits per heavy atom. The minimum Gasteiger partial charge on any atom is -0.493 e. The number of rotatable bonds is 10. The second-order valence-electron chi connectivity index (χ2n) is 8.48. The van der Waals surface area contributed by atoms with Gasteiger partial charge in [-0.1, -0.05) is 44.5 Å². The molecule has 1 unspecified atom stereocenters. The number of carbonyl (C=O) groups is 1. The normalized spacial score (nSPS) is 16.9. The third-order valence-corrected chi connectivity index (χ3v) is 7.36. The van der Waals surface area contributed by atoms with Crippen LogP contribution in [0.2, 0.25) is 5.02 Å². The van der Waals surface area contributed by atoms with E-state index in [1.807, 2.05) is 19.1 Å². The molecular formula is C27H29ClN4O4S. The van der Waals surface area contributed by atoms with E-state index < -0.39 is 5.91 Å². The minimum absolute atomic E-state index is 0.0318. The Bertz CT molecular complexity index is 1290. The average molecular weight is 541 g/mol. The van der Waals surface area contributed by atoms with Gasteiger partial charge in [0.05, 0.1) is 17.7 Å². The number of nitrogens with zero attached hydrogens (tertiary/aromatic N) is 3. The average Bonchev–Trinajstić information content (AvgIpc) is 3.32. The molecule has 1 atom stereocenters. The summed E-state index contributed by atoms with van der Waals surface area (Å²) in [6.07, 6.45) is 3.34. The van der Waals surface area contributed by atoms with Crippen molar-refractivity contribution in [3.63, 3.8) is 0 Å². The fourth-order valence-electron chi connectivity index (χ4n) is 3.74. The van der Waals surface area contributed by atoms with Crippen LogP contribution >= 0.6 is 23.4 Å². The zero-order valence-electron chi connectivity index (χ0n) is 21.2. The predicted molar refractivity (Wildman–Crippen MR) is 149 cm³/mol. The number of methoxy groups -OCH3 is 1. The van der Waals surface area contributed by atoms with Crippen molar-refractivity contribution in [2.45, 2.75) is 39.5 Å². The number of aliphatic imine (C=N–C) groups is 1. The van der Waals surface area contributed by atoms with E-state index in [-0.39, 0.29) is 18.0 Å². The van der Waals surface area contributed by atoms with Crippen LogP contribution in [0.1, 0.15) is 50.7 Å². The summed E-state index contributed by atoms with van der Waals surface area (Å²) in [7, 11) is 1.51. The highest BCUT2D eigenvalue weighted by Crippen LogP contribution is 2.38. The molecule has 8 nitrogen and oxygen atoms in total. The van der Waals surface area contributed by atoms with Crippen molar-refractivity contribution in [1.82, 2.24) is 5.01 Å². The highest BCUT2D eigenvalue weighted by Gasteiger charge is 2.35. The van der Waals surface area contributed by atoms with Crippen LogP contribution in [0.3, 0.4) is 0 Å². The number of ether oxygens (including phenoxy) is 3. The van der Waals surface area contributed by atoms with E-state index in [4.69, 9.17) is 31.2 Å². The molecule has 0 saturated carbocycles. The number of halogens is 1. The van der Waals surface area contributed by atoms with Gasteiger partial charge in [0.25, 0.3) is 5.91 Å². The first kappa shape index (κ1) is 26.8. The van der Waals surface area contributed by atoms with Gasteiger partial charge in [-0.05, 0) is 72.0 Å². The van der Waals surface area contributed by atoms with Crippen LogP contribution in [0.15, 0.2) is 52.1 Å². The van der Waals surface area contributed by atoms with Gasteiger partial charge >= 0.3 is 0 Å². The van der Waals surface area contributed by atoms with Crippen molar-refractivity contribution in [1.29, 1.82) is 5.41 Å². The summed E-state index contributed by atoms with van der Waals surface area (Å²) >= 11 is 7.81. The topological polar surface area (TPSA) is 96.6 Å². The third-order valence-electron chi connectivity index (χ3n) is 6.02. The molecule has 0 fully saturated rings. The summed E-state index contributed by atoms with van der Waals surface area (Å²) in [5.74, 6) is 1.53. The molecule has 0 spiro atoms. The fourth-order valence-corrected chi connectivity index (χ4v) is 4.83. The Labute approximate surface area is 225 Å². The number of hydrazone groups is 1. The molecule has 1 amide bonds. The molecule has 2 aromatic rings. The quantitative estimate of drug-likeness (QED) is 0.278. The van der Waals surface area contributed by atoms with Gasteiger partial charge in [0.2, 0.25) is 5.17 Å². The lowest BCUT2D eigenvalue weighted by Gasteiger charge is -2.20. The smallest absolute Gasteiger partial charge is 0.283 e. The number of carbonyl (C=O) groups excluding carboxylic acids is 1. The molecule has 2 aliphatic heterocycles. The number of amides is 1. The van der Waals surface area contributed by atoms with Gasteiger partial charge in [-0.3, -0.25) is 10.2 Å². The maximum atomic E-state index is 12.6. The lowest BCUT2D eigenvalue weighted by molar-refractivity contribution is -0.114. The standard InChI is InChI=1S/C27H29ClN4O4S/c1-5-16(3)18-7-9-19(10-8-18)35-11-12-36-24-21(28)14-17(15-22(24)34-4)13-20-25(29)32-27(30-26(20)33)37-23(6-2)31-32/h7-10,13-16,29H,5-6,11-12H2,1-4H3. The maximum Gasteiger partial charge on any atom is 0.283 e. The van der Waals surface area contributed by atoms with E-state index >= 15 is 0 Å². The van der Waals surface area contributed by atoms with Gasteiger partial charge in [-0.15, -0.1) is 0 Å². The Hall–Kier alpha value is -3.30. The molecule has 0 aliphatic carbocycles. The molecule has 1 N–H and O–H groups in total. The molecule has 2 aliphatic rings. The Balaban J connectivity index is 1.43. The van der Waals surface area contributed by atoms with Gasteiger partial charge in [0.15, 0.2) is 17.3 Å². The van der Waals surface area contributed by atoms with Crippen molar-refractivity contribution in [3.05, 3.63) is 58.1 Å². The molecule has 0 bridgehead atoms. The van der Waals surface area contributed by atoms with E-state index in [9.17, 15) is 4.79 Å². The van der Waals surface area contributed by atoms with E-state index in [1.165, 1.54) is 29.4 Å². The van der Waals surface area contributed by atoms with Crippen LogP contribution < -0.4 is 14.2 Å². The second-order valence-corrected chi connectivity index (χ2v) is 9.92. The second kappa shape index (κ2) is 11.8. The van der Waals surface area contributed by atoms with E-state index in [0.717, 1.165) is 17.2 Å². The summed E-state index contributed by atoms with van der Waals surface area (Å²) < 4.78 is 17.2. The monoisotopic (exact) mass is 540 g/mol. The fraction of sp³-hybridized carbons (Fsp3) is 0.333. The van der Waals surface area contributed by atoms with Crippen LogP contribution in [0.5, 0.6) is 17.2 Å². The van der Waals surface area contributed by atoms with Gasteiger partial charge in [0.1, 0.15) is 24.0 Å². The largest absolute Gasteiger partial charge is 0.493 e. The number of nitrogens with one attached hydrogen (secondary N) is 1. The summed E-state index contributed by atoms with van der Waals surface area (Å²) in [5, 5.41) is 15.7. The highest BCUT2D eigenvalue weighted by molar-refractivity contribution is 8.26. The molecule has 2 aromatic carbocycles. The van der Waals surface area contributed by atoms with Gasteiger partial charge < -0.3 is 14.2 Å². The first-order chi connectivity index (χ1) is 17.8. The number of fused-ring (bicyclic) bond motifs is 1. The van der Waals surface area contributed by atoms with Gasteiger partial charge in [-0.2, -0.15) is 15.1 Å². The van der Waals surface area contributed by atoms with Crippen LogP contribution in [-0.2, 0) is 4.79 Å². The lowest BCUT2D eigenvalue weighted by Crippen LogP contribution is -2.35.